The summed E-state index contributed by atoms with van der Waals surface area (Å²) in [5, 5.41) is 0. The van der Waals surface area contributed by atoms with Gasteiger partial charge in [0.25, 0.3) is 0 Å². The molecule has 6 heteroatoms. The van der Waals surface area contributed by atoms with Gasteiger partial charge in [0.05, 0.1) is 0 Å². The molecule has 4 aromatic rings. The largest absolute Gasteiger partial charge is 0.700 e. The molecular formula is C35H36O5P+. The Kier molecular flexibility index (Phi) is 7.01. The third-order valence-corrected chi connectivity index (χ3v) is 9.39. The molecular weight excluding hydrogens is 531 g/mol. The van der Waals surface area contributed by atoms with Gasteiger partial charge in [-0.3, -0.25) is 0 Å². The molecule has 2 fully saturated rings. The summed E-state index contributed by atoms with van der Waals surface area (Å²) in [5.41, 5.74) is 4.83. The van der Waals surface area contributed by atoms with E-state index in [4.69, 9.17) is 18.5 Å². The number of fused-ring (bicyclic) bond motifs is 1. The Morgan fingerprint density at radius 2 is 0.780 bits per heavy atom. The highest BCUT2D eigenvalue weighted by atomic mass is 31.1. The van der Waals surface area contributed by atoms with Crippen LogP contribution in [0, 0.1) is 27.7 Å². The number of hydrogen-bond acceptors (Lipinski definition) is 5. The van der Waals surface area contributed by atoms with Gasteiger partial charge in [-0.25, -0.2) is 0 Å². The third-order valence-electron chi connectivity index (χ3n) is 8.52. The van der Waals surface area contributed by atoms with Crippen molar-refractivity contribution < 1.29 is 23.1 Å². The summed E-state index contributed by atoms with van der Waals surface area (Å²) in [6.45, 7) is 12.0. The van der Waals surface area contributed by atoms with Gasteiger partial charge in [-0.05, 0) is 86.1 Å². The Hall–Kier alpha value is -3.18. The first-order chi connectivity index (χ1) is 19.6. The van der Waals surface area contributed by atoms with Crippen molar-refractivity contribution >= 4 is 8.25 Å². The fourth-order valence-corrected chi connectivity index (χ4v) is 7.88. The topological polar surface area (TPSA) is 54.0 Å². The van der Waals surface area contributed by atoms with Gasteiger partial charge < -0.3 is 9.47 Å². The van der Waals surface area contributed by atoms with E-state index in [-0.39, 0.29) is 0 Å². The second-order valence-electron chi connectivity index (χ2n) is 11.6. The van der Waals surface area contributed by atoms with Gasteiger partial charge in [-0.2, -0.15) is 0 Å². The minimum Gasteiger partial charge on any atom is -0.340 e. The van der Waals surface area contributed by atoms with Crippen LogP contribution in [-0.2, 0) is 34.3 Å². The van der Waals surface area contributed by atoms with Crippen LogP contribution in [0.5, 0.6) is 0 Å². The highest BCUT2D eigenvalue weighted by molar-refractivity contribution is 7.33. The van der Waals surface area contributed by atoms with E-state index in [1.54, 1.807) is 0 Å². The van der Waals surface area contributed by atoms with Crippen LogP contribution in [0.25, 0.3) is 0 Å². The maximum Gasteiger partial charge on any atom is 0.700 e. The van der Waals surface area contributed by atoms with Crippen molar-refractivity contribution in [3.05, 3.63) is 142 Å². The van der Waals surface area contributed by atoms with Crippen LogP contribution in [0.15, 0.2) is 97.1 Å². The molecule has 41 heavy (non-hydrogen) atoms. The Morgan fingerprint density at radius 3 is 1.05 bits per heavy atom. The summed E-state index contributed by atoms with van der Waals surface area (Å²) in [4.78, 5) is 0. The molecule has 0 spiro atoms. The fourth-order valence-electron chi connectivity index (χ4n) is 6.77. The predicted octanol–water partition coefficient (Wildman–Crippen LogP) is 8.33. The average molecular weight is 568 g/mol. The SMILES string of the molecule is Cc1ccccc1C1(c2ccccc2C)O[P+](=O)OC(c2ccccc2C)(c2ccccc2C)[C@H]2OC(C)(C)O[C@@H]21. The zero-order chi connectivity index (χ0) is 29.0. The fraction of sp³-hybridized carbons (Fsp3) is 0.314. The quantitative estimate of drug-likeness (QED) is 0.232. The van der Waals surface area contributed by atoms with Crippen molar-refractivity contribution in [1.82, 2.24) is 0 Å². The summed E-state index contributed by atoms with van der Waals surface area (Å²) in [5.74, 6) is -0.988. The van der Waals surface area contributed by atoms with E-state index in [0.29, 0.717) is 0 Å². The van der Waals surface area contributed by atoms with E-state index in [1.807, 2.05) is 139 Å². The lowest BCUT2D eigenvalue weighted by Gasteiger charge is -2.40. The molecule has 210 valence electrons. The summed E-state index contributed by atoms with van der Waals surface area (Å²) in [6.07, 6.45) is -1.47. The smallest absolute Gasteiger partial charge is 0.340 e. The first-order valence-corrected chi connectivity index (χ1v) is 15.2. The zero-order valence-electron chi connectivity index (χ0n) is 24.4. The van der Waals surface area contributed by atoms with Gasteiger partial charge in [0.15, 0.2) is 5.79 Å². The molecule has 2 heterocycles. The summed E-state index contributed by atoms with van der Waals surface area (Å²) in [6, 6.07) is 32.2. The van der Waals surface area contributed by atoms with Crippen LogP contribution in [0.3, 0.4) is 0 Å². The summed E-state index contributed by atoms with van der Waals surface area (Å²) < 4.78 is 41.9. The monoisotopic (exact) mass is 567 g/mol. The maximum absolute atomic E-state index is 14.4. The van der Waals surface area contributed by atoms with Crippen molar-refractivity contribution in [2.75, 3.05) is 0 Å². The Labute approximate surface area is 243 Å². The van der Waals surface area contributed by atoms with E-state index in [2.05, 4.69) is 0 Å². The molecule has 0 aromatic heterocycles. The van der Waals surface area contributed by atoms with Gasteiger partial charge in [-0.15, -0.1) is 0 Å². The molecule has 2 aliphatic heterocycles. The molecule has 2 saturated heterocycles. The number of ether oxygens (including phenoxy) is 2. The van der Waals surface area contributed by atoms with E-state index >= 15 is 0 Å². The first-order valence-electron chi connectivity index (χ1n) is 14.1. The molecule has 0 radical (unpaired) electrons. The molecule has 0 saturated carbocycles. The van der Waals surface area contributed by atoms with Crippen LogP contribution in [0.2, 0.25) is 0 Å². The normalized spacial score (nSPS) is 22.6. The lowest BCUT2D eigenvalue weighted by Crippen LogP contribution is -2.54. The van der Waals surface area contributed by atoms with Gasteiger partial charge in [-0.1, -0.05) is 106 Å². The van der Waals surface area contributed by atoms with Crippen molar-refractivity contribution in [2.24, 2.45) is 0 Å². The third kappa shape index (κ3) is 4.39. The van der Waals surface area contributed by atoms with Gasteiger partial charge in [0.1, 0.15) is 12.2 Å². The van der Waals surface area contributed by atoms with Crippen LogP contribution in [-0.4, -0.2) is 18.0 Å². The lowest BCUT2D eigenvalue weighted by molar-refractivity contribution is -0.174. The standard InChI is InChI=1S/C35H36O5P/c1-23-15-7-11-19-27(23)34(28-20-12-8-16-24(28)2)31-32(38-33(5,6)37-31)35(40-41(36)39-34,29-21-13-9-17-25(29)3)30-22-14-10-18-26(30)4/h7-22,31-32H,1-6H3/q+1/t31-,32-/m0/s1. The van der Waals surface area contributed by atoms with E-state index in [0.717, 1.165) is 44.5 Å². The van der Waals surface area contributed by atoms with E-state index in [9.17, 15) is 4.57 Å². The number of aryl methyl sites for hydroxylation is 4. The molecule has 0 N–H and O–H groups in total. The lowest BCUT2D eigenvalue weighted by atomic mass is 9.69. The van der Waals surface area contributed by atoms with Gasteiger partial charge in [0, 0.05) is 4.57 Å². The van der Waals surface area contributed by atoms with Crippen LogP contribution >= 0.6 is 8.25 Å². The molecule has 0 bridgehead atoms. The molecule has 2 atom stereocenters. The van der Waals surface area contributed by atoms with Gasteiger partial charge in [0.2, 0.25) is 11.2 Å². The Balaban J connectivity index is 1.76. The molecule has 5 nitrogen and oxygen atoms in total. The number of hydrogen-bond donors (Lipinski definition) is 0. The van der Waals surface area contributed by atoms with Crippen LogP contribution < -0.4 is 0 Å². The Morgan fingerprint density at radius 1 is 0.512 bits per heavy atom. The van der Waals surface area contributed by atoms with E-state index in [1.165, 1.54) is 0 Å². The first kappa shape index (κ1) is 28.0. The molecule has 0 amide bonds. The summed E-state index contributed by atoms with van der Waals surface area (Å²) >= 11 is 0. The molecule has 4 aromatic carbocycles. The zero-order valence-corrected chi connectivity index (χ0v) is 25.3. The second kappa shape index (κ2) is 10.3. The highest BCUT2D eigenvalue weighted by Crippen LogP contribution is 2.62. The minimum absolute atomic E-state index is 0.736. The predicted molar refractivity (Wildman–Crippen MR) is 160 cm³/mol. The highest BCUT2D eigenvalue weighted by Gasteiger charge is 2.72. The molecule has 0 unspecified atom stereocenters. The molecule has 6 rings (SSSR count). The van der Waals surface area contributed by atoms with Crippen LogP contribution in [0.1, 0.15) is 58.4 Å². The Bertz CT molecular complexity index is 1420. The van der Waals surface area contributed by atoms with Crippen molar-refractivity contribution in [3.63, 3.8) is 0 Å². The average Bonchev–Trinajstić information content (AvgIpc) is 3.23. The van der Waals surface area contributed by atoms with Crippen molar-refractivity contribution in [1.29, 1.82) is 0 Å². The van der Waals surface area contributed by atoms with E-state index < -0.39 is 37.5 Å². The second-order valence-corrected chi connectivity index (χ2v) is 12.4. The minimum atomic E-state index is -2.70. The summed E-state index contributed by atoms with van der Waals surface area (Å²) in [7, 11) is -2.70. The van der Waals surface area contributed by atoms with Crippen molar-refractivity contribution in [2.45, 2.75) is 70.7 Å². The van der Waals surface area contributed by atoms with Gasteiger partial charge >= 0.3 is 8.25 Å². The maximum atomic E-state index is 14.4. The number of rotatable bonds is 4. The molecule has 0 aliphatic carbocycles. The number of benzene rings is 4. The van der Waals surface area contributed by atoms with Crippen LogP contribution in [0.4, 0.5) is 0 Å². The van der Waals surface area contributed by atoms with Crippen molar-refractivity contribution in [3.8, 4) is 0 Å². The molecule has 2 aliphatic rings.